The molecule has 0 amide bonds. The molecule has 104 valence electrons. The number of hydrogen-bond acceptors (Lipinski definition) is 2. The number of nitrogens with one attached hydrogen (secondary N) is 1. The fraction of sp³-hybridized carbons (Fsp3) is 0.647. The maximum Gasteiger partial charge on any atom is 0.0495 e. The van der Waals surface area contributed by atoms with Gasteiger partial charge in [-0.1, -0.05) is 24.3 Å². The average molecular weight is 259 g/mol. The van der Waals surface area contributed by atoms with Crippen molar-refractivity contribution in [3.63, 3.8) is 0 Å². The Balaban J connectivity index is 1.37. The van der Waals surface area contributed by atoms with E-state index in [0.29, 0.717) is 0 Å². The Hall–Kier alpha value is -0.860. The van der Waals surface area contributed by atoms with Crippen LogP contribution in [0.15, 0.2) is 24.3 Å². The van der Waals surface area contributed by atoms with Gasteiger partial charge < -0.3 is 10.1 Å². The molecular weight excluding hydrogens is 234 g/mol. The monoisotopic (exact) mass is 259 g/mol. The fourth-order valence-electron chi connectivity index (χ4n) is 3.39. The summed E-state index contributed by atoms with van der Waals surface area (Å²) in [4.78, 5) is 0. The van der Waals surface area contributed by atoms with E-state index < -0.39 is 0 Å². The van der Waals surface area contributed by atoms with Crippen LogP contribution in [0.3, 0.4) is 0 Å². The van der Waals surface area contributed by atoms with Gasteiger partial charge in [-0.15, -0.1) is 0 Å². The first-order chi connectivity index (χ1) is 9.33. The molecule has 2 aliphatic rings. The van der Waals surface area contributed by atoms with Crippen molar-refractivity contribution in [2.24, 2.45) is 5.92 Å². The molecule has 1 N–H and O–H groups in total. The number of rotatable bonds is 5. The van der Waals surface area contributed by atoms with E-state index in [1.165, 1.54) is 37.8 Å². The first-order valence-electron chi connectivity index (χ1n) is 7.69. The molecule has 1 aliphatic carbocycles. The van der Waals surface area contributed by atoms with Gasteiger partial charge in [0.2, 0.25) is 0 Å². The van der Waals surface area contributed by atoms with Gasteiger partial charge in [0.05, 0.1) is 0 Å². The zero-order valence-corrected chi connectivity index (χ0v) is 11.9. The van der Waals surface area contributed by atoms with Crippen molar-refractivity contribution in [2.75, 3.05) is 19.8 Å². The molecule has 19 heavy (non-hydrogen) atoms. The number of ether oxygens (including phenoxy) is 1. The molecule has 1 saturated carbocycles. The second-order valence-electron chi connectivity index (χ2n) is 6.19. The lowest BCUT2D eigenvalue weighted by molar-refractivity contribution is 0.183. The van der Waals surface area contributed by atoms with Crippen molar-refractivity contribution in [1.29, 1.82) is 0 Å². The molecule has 1 aromatic carbocycles. The van der Waals surface area contributed by atoms with E-state index in [9.17, 15) is 0 Å². The summed E-state index contributed by atoms with van der Waals surface area (Å²) >= 11 is 0. The van der Waals surface area contributed by atoms with E-state index in [0.717, 1.165) is 31.1 Å². The van der Waals surface area contributed by atoms with E-state index in [-0.39, 0.29) is 0 Å². The van der Waals surface area contributed by atoms with Crippen LogP contribution in [-0.2, 0) is 4.74 Å². The van der Waals surface area contributed by atoms with E-state index >= 15 is 0 Å². The summed E-state index contributed by atoms with van der Waals surface area (Å²) in [6, 6.07) is 9.58. The summed E-state index contributed by atoms with van der Waals surface area (Å²) in [6.45, 7) is 5.36. The van der Waals surface area contributed by atoms with Crippen molar-refractivity contribution in [3.8, 4) is 0 Å². The number of hydrogen-bond donors (Lipinski definition) is 1. The van der Waals surface area contributed by atoms with Crippen LogP contribution in [0.4, 0.5) is 0 Å². The lowest BCUT2D eigenvalue weighted by atomic mass is 9.74. The van der Waals surface area contributed by atoms with Gasteiger partial charge in [-0.05, 0) is 62.1 Å². The van der Waals surface area contributed by atoms with Gasteiger partial charge in [0.15, 0.2) is 0 Å². The van der Waals surface area contributed by atoms with E-state index in [1.54, 1.807) is 5.56 Å². The highest BCUT2D eigenvalue weighted by Gasteiger charge is 2.30. The molecule has 1 aliphatic heterocycles. The van der Waals surface area contributed by atoms with Crippen LogP contribution in [0.1, 0.15) is 42.7 Å². The largest absolute Gasteiger partial charge is 0.381 e. The Bertz CT molecular complexity index is 405. The Kier molecular flexibility index (Phi) is 4.19. The van der Waals surface area contributed by atoms with Crippen LogP contribution in [-0.4, -0.2) is 25.8 Å². The minimum atomic E-state index is 0.743. The maximum atomic E-state index is 5.42. The van der Waals surface area contributed by atoms with Gasteiger partial charge in [-0.25, -0.2) is 0 Å². The van der Waals surface area contributed by atoms with E-state index in [4.69, 9.17) is 4.74 Å². The van der Waals surface area contributed by atoms with Gasteiger partial charge in [0, 0.05) is 19.3 Å². The van der Waals surface area contributed by atoms with Gasteiger partial charge in [0.25, 0.3) is 0 Å². The van der Waals surface area contributed by atoms with Gasteiger partial charge in [-0.2, -0.15) is 0 Å². The number of aryl methyl sites for hydroxylation is 1. The number of benzene rings is 1. The van der Waals surface area contributed by atoms with Crippen molar-refractivity contribution < 1.29 is 4.74 Å². The summed E-state index contributed by atoms with van der Waals surface area (Å²) in [5.74, 6) is 1.59. The first-order valence-corrected chi connectivity index (χ1v) is 7.69. The molecule has 0 spiro atoms. The highest BCUT2D eigenvalue weighted by atomic mass is 16.5. The van der Waals surface area contributed by atoms with Crippen molar-refractivity contribution in [2.45, 2.75) is 44.6 Å². The average Bonchev–Trinajstić information content (AvgIpc) is 2.87. The molecule has 0 aromatic heterocycles. The topological polar surface area (TPSA) is 21.3 Å². The van der Waals surface area contributed by atoms with Crippen molar-refractivity contribution in [3.05, 3.63) is 35.4 Å². The molecule has 0 bridgehead atoms. The Morgan fingerprint density at radius 3 is 2.84 bits per heavy atom. The lowest BCUT2D eigenvalue weighted by Crippen LogP contribution is -2.41. The minimum Gasteiger partial charge on any atom is -0.381 e. The van der Waals surface area contributed by atoms with Crippen molar-refractivity contribution >= 4 is 0 Å². The summed E-state index contributed by atoms with van der Waals surface area (Å²) in [7, 11) is 0. The molecular formula is C17H25NO. The van der Waals surface area contributed by atoms with Crippen LogP contribution in [0.2, 0.25) is 0 Å². The normalized spacial score (nSPS) is 30.3. The van der Waals surface area contributed by atoms with Gasteiger partial charge in [0.1, 0.15) is 0 Å². The molecule has 2 nitrogen and oxygen atoms in total. The molecule has 1 aromatic rings. The zero-order valence-electron chi connectivity index (χ0n) is 11.9. The molecule has 1 heterocycles. The third-order valence-corrected chi connectivity index (χ3v) is 4.78. The summed E-state index contributed by atoms with van der Waals surface area (Å²) in [5.41, 5.74) is 3.01. The van der Waals surface area contributed by atoms with Crippen LogP contribution >= 0.6 is 0 Å². The highest BCUT2D eigenvalue weighted by Crippen LogP contribution is 2.38. The zero-order chi connectivity index (χ0) is 13.1. The predicted octanol–water partition coefficient (Wildman–Crippen LogP) is 3.26. The molecule has 1 unspecified atom stereocenters. The van der Waals surface area contributed by atoms with Crippen LogP contribution in [0.5, 0.6) is 0 Å². The van der Waals surface area contributed by atoms with E-state index in [2.05, 4.69) is 36.5 Å². The fourth-order valence-corrected chi connectivity index (χ4v) is 3.39. The molecule has 0 radical (unpaired) electrons. The van der Waals surface area contributed by atoms with Crippen LogP contribution in [0.25, 0.3) is 0 Å². The molecule has 1 saturated heterocycles. The Morgan fingerprint density at radius 2 is 2.11 bits per heavy atom. The Labute approximate surface area is 116 Å². The van der Waals surface area contributed by atoms with Gasteiger partial charge >= 0.3 is 0 Å². The van der Waals surface area contributed by atoms with Crippen LogP contribution < -0.4 is 5.32 Å². The quantitative estimate of drug-likeness (QED) is 0.876. The third-order valence-electron chi connectivity index (χ3n) is 4.78. The Morgan fingerprint density at radius 1 is 1.26 bits per heavy atom. The lowest BCUT2D eigenvalue weighted by Gasteiger charge is -2.37. The maximum absolute atomic E-state index is 5.42. The molecule has 2 heteroatoms. The summed E-state index contributed by atoms with van der Waals surface area (Å²) in [5, 5.41) is 3.71. The van der Waals surface area contributed by atoms with Crippen molar-refractivity contribution in [1.82, 2.24) is 5.32 Å². The standard InChI is InChI=1S/C17H25NO/c1-13-4-2-3-5-17(13)15-10-16(11-15)18-8-6-14-7-9-19-12-14/h2-5,14-16,18H,6-12H2,1H3. The predicted molar refractivity (Wildman–Crippen MR) is 78.5 cm³/mol. The van der Waals surface area contributed by atoms with Gasteiger partial charge in [-0.3, -0.25) is 0 Å². The second kappa shape index (κ2) is 6.06. The molecule has 3 rings (SSSR count). The minimum absolute atomic E-state index is 0.743. The summed E-state index contributed by atoms with van der Waals surface area (Å²) in [6.07, 6.45) is 5.17. The molecule has 2 fully saturated rings. The smallest absolute Gasteiger partial charge is 0.0495 e. The third kappa shape index (κ3) is 3.18. The van der Waals surface area contributed by atoms with E-state index in [1.807, 2.05) is 0 Å². The second-order valence-corrected chi connectivity index (χ2v) is 6.19. The van der Waals surface area contributed by atoms with Crippen LogP contribution in [0, 0.1) is 12.8 Å². The first kappa shape index (κ1) is 13.1. The summed E-state index contributed by atoms with van der Waals surface area (Å²) < 4.78 is 5.42. The SMILES string of the molecule is Cc1ccccc1C1CC(NCCC2CCOC2)C1. The molecule has 1 atom stereocenters. The highest BCUT2D eigenvalue weighted by molar-refractivity contribution is 5.31.